The van der Waals surface area contributed by atoms with Gasteiger partial charge in [-0.2, -0.15) is 0 Å². The van der Waals surface area contributed by atoms with Crippen molar-refractivity contribution in [1.29, 1.82) is 0 Å². The standard InChI is InChI=1S/C22H25ClN2O4/c1-28-18-6-5-15-13-17-19-14(3-2-4-16(19)20(15)21(18)26)7-10-25(17)11-12-29-22(27)24-9-8-23/h2-6,17,26H,7-13H2,1H3,(H,24,27)/t17-/m1/s1. The number of carbonyl (C=O) groups is 1. The maximum Gasteiger partial charge on any atom is 0.407 e. The molecule has 29 heavy (non-hydrogen) atoms. The van der Waals surface area contributed by atoms with E-state index in [2.05, 4.69) is 28.4 Å². The molecule has 7 heteroatoms. The van der Waals surface area contributed by atoms with Gasteiger partial charge in [0.1, 0.15) is 6.61 Å². The fraction of sp³-hybridized carbons (Fsp3) is 0.409. The van der Waals surface area contributed by atoms with Gasteiger partial charge >= 0.3 is 6.09 Å². The van der Waals surface area contributed by atoms with E-state index in [0.717, 1.165) is 36.1 Å². The molecule has 0 spiro atoms. The van der Waals surface area contributed by atoms with Crippen molar-refractivity contribution in [3.8, 4) is 22.6 Å². The van der Waals surface area contributed by atoms with Crippen LogP contribution < -0.4 is 10.1 Å². The maximum absolute atomic E-state index is 11.7. The predicted octanol–water partition coefficient (Wildman–Crippen LogP) is 3.49. The number of hydrogen-bond donors (Lipinski definition) is 2. The number of phenols is 1. The lowest BCUT2D eigenvalue weighted by molar-refractivity contribution is 0.107. The van der Waals surface area contributed by atoms with Gasteiger partial charge in [0, 0.05) is 37.1 Å². The molecule has 0 bridgehead atoms. The van der Waals surface area contributed by atoms with Gasteiger partial charge < -0.3 is 19.9 Å². The highest BCUT2D eigenvalue weighted by Gasteiger charge is 2.35. The summed E-state index contributed by atoms with van der Waals surface area (Å²) in [5.41, 5.74) is 5.62. The minimum Gasteiger partial charge on any atom is -0.504 e. The lowest BCUT2D eigenvalue weighted by Gasteiger charge is -2.41. The van der Waals surface area contributed by atoms with E-state index < -0.39 is 6.09 Å². The lowest BCUT2D eigenvalue weighted by Crippen LogP contribution is -2.41. The van der Waals surface area contributed by atoms with Gasteiger partial charge in [0.05, 0.1) is 7.11 Å². The molecule has 6 nitrogen and oxygen atoms in total. The number of phenolic OH excluding ortho intramolecular Hbond substituents is 1. The average Bonchev–Trinajstić information content (AvgIpc) is 2.74. The lowest BCUT2D eigenvalue weighted by atomic mass is 9.76. The Bertz CT molecular complexity index is 918. The van der Waals surface area contributed by atoms with Crippen LogP contribution in [0.4, 0.5) is 4.79 Å². The Morgan fingerprint density at radius 1 is 1.31 bits per heavy atom. The Labute approximate surface area is 175 Å². The Morgan fingerprint density at radius 2 is 2.17 bits per heavy atom. The Kier molecular flexibility index (Phi) is 5.83. The summed E-state index contributed by atoms with van der Waals surface area (Å²) < 4.78 is 10.6. The molecule has 1 aliphatic carbocycles. The van der Waals surface area contributed by atoms with Gasteiger partial charge in [-0.1, -0.05) is 24.3 Å². The van der Waals surface area contributed by atoms with Crippen LogP contribution in [-0.2, 0) is 17.6 Å². The second-order valence-electron chi connectivity index (χ2n) is 7.29. The third-order valence-electron chi connectivity index (χ3n) is 5.74. The number of hydrogen-bond acceptors (Lipinski definition) is 5. The fourth-order valence-electron chi connectivity index (χ4n) is 4.46. The highest BCUT2D eigenvalue weighted by Crippen LogP contribution is 2.50. The number of nitrogens with zero attached hydrogens (tertiary/aromatic N) is 1. The van der Waals surface area contributed by atoms with E-state index in [4.69, 9.17) is 21.1 Å². The number of methoxy groups -OCH3 is 1. The number of rotatable bonds is 6. The van der Waals surface area contributed by atoms with Gasteiger partial charge in [-0.3, -0.25) is 4.90 Å². The molecule has 4 rings (SSSR count). The van der Waals surface area contributed by atoms with Gasteiger partial charge in [-0.25, -0.2) is 4.79 Å². The largest absolute Gasteiger partial charge is 0.504 e. The van der Waals surface area contributed by atoms with Crippen LogP contribution in [0, 0.1) is 0 Å². The Balaban J connectivity index is 1.58. The second kappa shape index (κ2) is 8.51. The highest BCUT2D eigenvalue weighted by atomic mass is 35.5. The molecule has 2 aliphatic rings. The van der Waals surface area contributed by atoms with Crippen LogP contribution in [0.2, 0.25) is 0 Å². The summed E-state index contributed by atoms with van der Waals surface area (Å²) in [6.07, 6.45) is 1.29. The summed E-state index contributed by atoms with van der Waals surface area (Å²) in [5.74, 6) is 1.05. The molecule has 0 saturated carbocycles. The van der Waals surface area contributed by atoms with Crippen molar-refractivity contribution < 1.29 is 19.4 Å². The smallest absolute Gasteiger partial charge is 0.407 e. The molecule has 1 atom stereocenters. The number of carbonyl (C=O) groups excluding carboxylic acids is 1. The normalized spacial score (nSPS) is 17.2. The number of aromatic hydroxyl groups is 1. The summed E-state index contributed by atoms with van der Waals surface area (Å²) in [6.45, 7) is 2.28. The van der Waals surface area contributed by atoms with Crippen molar-refractivity contribution in [2.75, 3.05) is 39.2 Å². The van der Waals surface area contributed by atoms with Crippen LogP contribution >= 0.6 is 11.6 Å². The number of alkyl carbamates (subject to hydrolysis) is 1. The minimum absolute atomic E-state index is 0.199. The van der Waals surface area contributed by atoms with E-state index in [1.807, 2.05) is 12.1 Å². The summed E-state index contributed by atoms with van der Waals surface area (Å²) >= 11 is 5.58. The molecule has 154 valence electrons. The van der Waals surface area contributed by atoms with Crippen LogP contribution in [0.1, 0.15) is 22.7 Å². The first kappa shape index (κ1) is 19.9. The van der Waals surface area contributed by atoms with Gasteiger partial charge in [-0.05, 0) is 41.2 Å². The number of ether oxygens (including phenoxy) is 2. The zero-order valence-corrected chi connectivity index (χ0v) is 17.2. The monoisotopic (exact) mass is 416 g/mol. The van der Waals surface area contributed by atoms with Crippen molar-refractivity contribution in [2.45, 2.75) is 18.9 Å². The molecule has 2 aromatic rings. The van der Waals surface area contributed by atoms with Crippen LogP contribution in [0.3, 0.4) is 0 Å². The van der Waals surface area contributed by atoms with Crippen molar-refractivity contribution in [1.82, 2.24) is 10.2 Å². The molecule has 1 aliphatic heterocycles. The van der Waals surface area contributed by atoms with Crippen LogP contribution in [0.15, 0.2) is 30.3 Å². The number of benzene rings is 2. The number of amides is 1. The van der Waals surface area contributed by atoms with E-state index >= 15 is 0 Å². The van der Waals surface area contributed by atoms with E-state index in [1.54, 1.807) is 7.11 Å². The molecule has 1 amide bonds. The SMILES string of the molecule is COc1ccc2c(c1O)-c1cccc3c1[C@@H](C2)N(CCOC(=O)NCCCl)CC3. The van der Waals surface area contributed by atoms with Crippen molar-refractivity contribution in [3.05, 3.63) is 47.0 Å². The van der Waals surface area contributed by atoms with Crippen molar-refractivity contribution in [2.24, 2.45) is 0 Å². The molecule has 0 saturated heterocycles. The van der Waals surface area contributed by atoms with E-state index in [-0.39, 0.29) is 11.8 Å². The molecular weight excluding hydrogens is 392 g/mol. The maximum atomic E-state index is 11.7. The van der Waals surface area contributed by atoms with Gasteiger partial charge in [0.25, 0.3) is 0 Å². The minimum atomic E-state index is -0.435. The number of alkyl halides is 1. The quantitative estimate of drug-likeness (QED) is 0.705. The number of fused-ring (bicyclic) bond motifs is 2. The number of halogens is 1. The first-order valence-corrected chi connectivity index (χ1v) is 10.4. The van der Waals surface area contributed by atoms with Crippen LogP contribution in [-0.4, -0.2) is 55.3 Å². The van der Waals surface area contributed by atoms with Crippen molar-refractivity contribution >= 4 is 17.7 Å². The van der Waals surface area contributed by atoms with Gasteiger partial charge in [0.15, 0.2) is 11.5 Å². The molecular formula is C22H25ClN2O4. The Hall–Kier alpha value is -2.44. The fourth-order valence-corrected chi connectivity index (χ4v) is 4.55. The summed E-state index contributed by atoms with van der Waals surface area (Å²) in [6, 6.07) is 10.3. The van der Waals surface area contributed by atoms with Gasteiger partial charge in [-0.15, -0.1) is 11.6 Å². The highest BCUT2D eigenvalue weighted by molar-refractivity contribution is 6.18. The number of nitrogens with one attached hydrogen (secondary N) is 1. The van der Waals surface area contributed by atoms with E-state index in [9.17, 15) is 9.90 Å². The Morgan fingerprint density at radius 3 is 2.97 bits per heavy atom. The summed E-state index contributed by atoms with van der Waals surface area (Å²) in [5, 5.41) is 13.4. The summed E-state index contributed by atoms with van der Waals surface area (Å²) in [4.78, 5) is 14.0. The topological polar surface area (TPSA) is 71.0 Å². The molecule has 0 unspecified atom stereocenters. The van der Waals surface area contributed by atoms with Crippen molar-refractivity contribution in [3.63, 3.8) is 0 Å². The first-order chi connectivity index (χ1) is 14.1. The average molecular weight is 417 g/mol. The first-order valence-electron chi connectivity index (χ1n) is 9.85. The third-order valence-corrected chi connectivity index (χ3v) is 5.93. The molecule has 0 radical (unpaired) electrons. The van der Waals surface area contributed by atoms with E-state index in [1.165, 1.54) is 11.1 Å². The summed E-state index contributed by atoms with van der Waals surface area (Å²) in [7, 11) is 1.57. The molecule has 1 heterocycles. The predicted molar refractivity (Wildman–Crippen MR) is 112 cm³/mol. The third kappa shape index (κ3) is 3.74. The van der Waals surface area contributed by atoms with Crippen LogP contribution in [0.25, 0.3) is 11.1 Å². The molecule has 2 N–H and O–H groups in total. The van der Waals surface area contributed by atoms with Gasteiger partial charge in [0.2, 0.25) is 0 Å². The molecule has 0 fully saturated rings. The zero-order valence-electron chi connectivity index (χ0n) is 16.4. The molecule has 0 aromatic heterocycles. The van der Waals surface area contributed by atoms with E-state index in [0.29, 0.717) is 31.3 Å². The zero-order chi connectivity index (χ0) is 20.4. The second-order valence-corrected chi connectivity index (χ2v) is 7.66. The molecule has 2 aromatic carbocycles. The van der Waals surface area contributed by atoms with Crippen LogP contribution in [0.5, 0.6) is 11.5 Å².